The van der Waals surface area contributed by atoms with Crippen molar-refractivity contribution in [1.82, 2.24) is 20.0 Å². The maximum atomic E-state index is 12.6. The largest absolute Gasteiger partial charge is 0.508 e. The van der Waals surface area contributed by atoms with Crippen molar-refractivity contribution in [2.45, 2.75) is 6.42 Å². The van der Waals surface area contributed by atoms with Crippen LogP contribution in [0.1, 0.15) is 27.3 Å². The van der Waals surface area contributed by atoms with Crippen molar-refractivity contribution >= 4 is 11.8 Å². The first kappa shape index (κ1) is 17.5. The van der Waals surface area contributed by atoms with Crippen LogP contribution in [0.5, 0.6) is 11.5 Å². The molecule has 9 nitrogen and oxygen atoms in total. The van der Waals surface area contributed by atoms with Crippen molar-refractivity contribution in [2.24, 2.45) is 0 Å². The summed E-state index contributed by atoms with van der Waals surface area (Å²) in [5.74, 6) is -1.02. The summed E-state index contributed by atoms with van der Waals surface area (Å²) >= 11 is 0. The maximum absolute atomic E-state index is 12.6. The topological polar surface area (TPSA) is 127 Å². The summed E-state index contributed by atoms with van der Waals surface area (Å²) in [6, 6.07) is 6.34. The lowest BCUT2D eigenvalue weighted by Gasteiger charge is -2.22. The summed E-state index contributed by atoms with van der Waals surface area (Å²) in [4.78, 5) is 39.3. The number of hydrogen-bond acceptors (Lipinski definition) is 6. The van der Waals surface area contributed by atoms with Crippen molar-refractivity contribution in [3.8, 4) is 11.5 Å². The van der Waals surface area contributed by atoms with E-state index in [-0.39, 0.29) is 40.1 Å². The zero-order valence-electron chi connectivity index (χ0n) is 13.9. The van der Waals surface area contributed by atoms with Crippen LogP contribution < -0.4 is 5.56 Å². The average Bonchev–Trinajstić information content (AvgIpc) is 2.86. The monoisotopic (exact) mass is 358 g/mol. The van der Waals surface area contributed by atoms with Crippen LogP contribution in [0.3, 0.4) is 0 Å². The van der Waals surface area contributed by atoms with E-state index in [4.69, 9.17) is 0 Å². The van der Waals surface area contributed by atoms with E-state index in [1.165, 1.54) is 24.3 Å². The standard InChI is InChI=1S/C17H18N4O5/c22-12-8-11(9-13(23)10-12)16(25)20-4-1-5-21(7-6-20)17(26)14-2-3-15(24)19-18-14/h2-3,8-10,22-23H,1,4-7H2,(H,19,24). The van der Waals surface area contributed by atoms with Crippen LogP contribution in [-0.2, 0) is 0 Å². The minimum atomic E-state index is -0.386. The Hall–Kier alpha value is -3.36. The smallest absolute Gasteiger partial charge is 0.274 e. The lowest BCUT2D eigenvalue weighted by molar-refractivity contribution is 0.0714. The maximum Gasteiger partial charge on any atom is 0.274 e. The number of phenols is 2. The minimum absolute atomic E-state index is 0.141. The summed E-state index contributed by atoms with van der Waals surface area (Å²) in [5, 5.41) is 25.1. The molecule has 0 spiro atoms. The van der Waals surface area contributed by atoms with Crippen LogP contribution in [0.4, 0.5) is 0 Å². The molecule has 1 aromatic heterocycles. The molecule has 2 amide bonds. The van der Waals surface area contributed by atoms with Gasteiger partial charge in [0.15, 0.2) is 0 Å². The first-order valence-electron chi connectivity index (χ1n) is 8.11. The number of hydrogen-bond donors (Lipinski definition) is 3. The molecule has 0 atom stereocenters. The van der Waals surface area contributed by atoms with Gasteiger partial charge in [0.05, 0.1) is 0 Å². The van der Waals surface area contributed by atoms with Crippen molar-refractivity contribution in [1.29, 1.82) is 0 Å². The van der Waals surface area contributed by atoms with Crippen molar-refractivity contribution < 1.29 is 19.8 Å². The van der Waals surface area contributed by atoms with Crippen LogP contribution in [-0.4, -0.2) is 68.2 Å². The number of nitrogens with one attached hydrogen (secondary N) is 1. The zero-order valence-corrected chi connectivity index (χ0v) is 13.9. The van der Waals surface area contributed by atoms with Gasteiger partial charge in [0.1, 0.15) is 17.2 Å². The van der Waals surface area contributed by atoms with E-state index in [9.17, 15) is 24.6 Å². The Morgan fingerprint density at radius 3 is 2.12 bits per heavy atom. The number of aromatic hydroxyl groups is 2. The Bertz CT molecular complexity index is 854. The third-order valence-corrected chi connectivity index (χ3v) is 4.12. The number of aromatic nitrogens is 2. The Kier molecular flexibility index (Phi) is 4.87. The molecule has 3 N–H and O–H groups in total. The van der Waals surface area contributed by atoms with E-state index in [1.54, 1.807) is 9.80 Å². The van der Waals surface area contributed by atoms with Gasteiger partial charge in [-0.15, -0.1) is 0 Å². The van der Waals surface area contributed by atoms with Gasteiger partial charge in [-0.25, -0.2) is 5.10 Å². The molecular formula is C17H18N4O5. The first-order chi connectivity index (χ1) is 12.4. The van der Waals surface area contributed by atoms with Gasteiger partial charge in [0, 0.05) is 43.9 Å². The second-order valence-electron chi connectivity index (χ2n) is 5.98. The second kappa shape index (κ2) is 7.26. The number of carbonyl (C=O) groups is 2. The number of rotatable bonds is 2. The molecule has 1 saturated heterocycles. The van der Waals surface area contributed by atoms with Crippen molar-refractivity contribution in [2.75, 3.05) is 26.2 Å². The molecule has 2 aromatic rings. The fourth-order valence-corrected chi connectivity index (χ4v) is 2.85. The molecule has 0 radical (unpaired) electrons. The Morgan fingerprint density at radius 1 is 0.923 bits per heavy atom. The summed E-state index contributed by atoms with van der Waals surface area (Å²) < 4.78 is 0. The van der Waals surface area contributed by atoms with Crippen LogP contribution in [0.15, 0.2) is 35.1 Å². The van der Waals surface area contributed by atoms with E-state index in [0.717, 1.165) is 6.07 Å². The van der Waals surface area contributed by atoms with Crippen molar-refractivity contribution in [3.05, 3.63) is 51.9 Å². The molecule has 1 aliphatic heterocycles. The number of benzene rings is 1. The van der Waals surface area contributed by atoms with Crippen LogP contribution >= 0.6 is 0 Å². The Balaban J connectivity index is 1.69. The molecular weight excluding hydrogens is 340 g/mol. The number of nitrogens with zero attached hydrogens (tertiary/aromatic N) is 3. The van der Waals surface area contributed by atoms with E-state index >= 15 is 0 Å². The average molecular weight is 358 g/mol. The van der Waals surface area contributed by atoms with E-state index in [1.807, 2.05) is 0 Å². The van der Waals surface area contributed by atoms with E-state index in [0.29, 0.717) is 32.6 Å². The highest BCUT2D eigenvalue weighted by Gasteiger charge is 2.24. The normalized spacial score (nSPS) is 14.8. The number of phenolic OH excluding ortho intramolecular Hbond substituents is 2. The molecule has 1 fully saturated rings. The molecule has 0 unspecified atom stereocenters. The number of amides is 2. The number of aromatic amines is 1. The van der Waals surface area contributed by atoms with Gasteiger partial charge in [-0.2, -0.15) is 5.10 Å². The van der Waals surface area contributed by atoms with Gasteiger partial charge >= 0.3 is 0 Å². The van der Waals surface area contributed by atoms with Crippen LogP contribution in [0.25, 0.3) is 0 Å². The zero-order chi connectivity index (χ0) is 18.7. The van der Waals surface area contributed by atoms with Gasteiger partial charge < -0.3 is 20.0 Å². The number of H-pyrrole nitrogens is 1. The molecule has 0 saturated carbocycles. The van der Waals surface area contributed by atoms with Crippen LogP contribution in [0, 0.1) is 0 Å². The molecule has 0 aliphatic carbocycles. The molecule has 9 heteroatoms. The van der Waals surface area contributed by atoms with Gasteiger partial charge in [-0.1, -0.05) is 0 Å². The molecule has 26 heavy (non-hydrogen) atoms. The minimum Gasteiger partial charge on any atom is -0.508 e. The third kappa shape index (κ3) is 3.82. The Labute approximate surface area is 148 Å². The molecule has 0 bridgehead atoms. The molecule has 2 heterocycles. The fraction of sp³-hybridized carbons (Fsp3) is 0.294. The van der Waals surface area contributed by atoms with E-state index in [2.05, 4.69) is 10.2 Å². The second-order valence-corrected chi connectivity index (χ2v) is 5.98. The fourth-order valence-electron chi connectivity index (χ4n) is 2.85. The van der Waals surface area contributed by atoms with Gasteiger partial charge in [-0.05, 0) is 24.6 Å². The highest BCUT2D eigenvalue weighted by Crippen LogP contribution is 2.22. The summed E-state index contributed by atoms with van der Waals surface area (Å²) in [6.45, 7) is 1.52. The summed E-state index contributed by atoms with van der Waals surface area (Å²) in [7, 11) is 0. The third-order valence-electron chi connectivity index (χ3n) is 4.12. The Morgan fingerprint density at radius 2 is 1.54 bits per heavy atom. The lowest BCUT2D eigenvalue weighted by atomic mass is 10.1. The first-order valence-corrected chi connectivity index (χ1v) is 8.11. The van der Waals surface area contributed by atoms with Crippen molar-refractivity contribution in [3.63, 3.8) is 0 Å². The quantitative estimate of drug-likeness (QED) is 0.702. The lowest BCUT2D eigenvalue weighted by Crippen LogP contribution is -2.37. The summed E-state index contributed by atoms with van der Waals surface area (Å²) in [6.07, 6.45) is 0.575. The molecule has 3 rings (SSSR count). The van der Waals surface area contributed by atoms with E-state index < -0.39 is 0 Å². The molecule has 1 aliphatic rings. The van der Waals surface area contributed by atoms with Crippen LogP contribution in [0.2, 0.25) is 0 Å². The van der Waals surface area contributed by atoms with Gasteiger partial charge in [-0.3, -0.25) is 14.4 Å². The molecule has 136 valence electrons. The predicted molar refractivity (Wildman–Crippen MR) is 91.1 cm³/mol. The number of carbonyl (C=O) groups excluding carboxylic acids is 2. The highest BCUT2D eigenvalue weighted by molar-refractivity contribution is 5.95. The SMILES string of the molecule is O=C(c1cc(O)cc(O)c1)N1CCCN(C(=O)c2ccc(=O)[nH]n2)CC1. The predicted octanol–water partition coefficient (Wildman–Crippen LogP) is 0.169. The highest BCUT2D eigenvalue weighted by atomic mass is 16.3. The van der Waals surface area contributed by atoms with Gasteiger partial charge in [0.25, 0.3) is 17.4 Å². The molecule has 1 aromatic carbocycles. The summed E-state index contributed by atoms with van der Waals surface area (Å²) in [5.41, 5.74) is -0.0598. The van der Waals surface area contributed by atoms with Gasteiger partial charge in [0.2, 0.25) is 0 Å².